The Labute approximate surface area is 146 Å². The van der Waals surface area contributed by atoms with Gasteiger partial charge in [-0.05, 0) is 18.9 Å². The Kier molecular flexibility index (Phi) is 5.90. The number of aliphatic hydroxyl groups is 1. The number of amides is 1. The smallest absolute Gasteiger partial charge is 0.290 e. The summed E-state index contributed by atoms with van der Waals surface area (Å²) < 4.78 is 0. The average Bonchev–Trinajstić information content (AvgIpc) is 2.83. The van der Waals surface area contributed by atoms with Gasteiger partial charge in [0, 0.05) is 18.7 Å². The quantitative estimate of drug-likeness (QED) is 0.441. The van der Waals surface area contributed by atoms with Gasteiger partial charge in [0.25, 0.3) is 11.6 Å². The van der Waals surface area contributed by atoms with Gasteiger partial charge in [0.05, 0.1) is 16.5 Å². The zero-order valence-corrected chi connectivity index (χ0v) is 14.4. The monoisotopic (exact) mass is 346 g/mol. The molecule has 0 saturated heterocycles. The first-order chi connectivity index (χ1) is 11.9. The number of carbonyl (C=O) groups is 2. The van der Waals surface area contributed by atoms with Crippen LogP contribution >= 0.6 is 0 Å². The Hall–Kier alpha value is -2.70. The molecule has 25 heavy (non-hydrogen) atoms. The van der Waals surface area contributed by atoms with E-state index in [1.54, 1.807) is 6.07 Å². The van der Waals surface area contributed by atoms with Crippen LogP contribution in [0.4, 0.5) is 5.69 Å². The van der Waals surface area contributed by atoms with E-state index in [1.807, 2.05) is 0 Å². The summed E-state index contributed by atoms with van der Waals surface area (Å²) in [7, 11) is 0. The molecule has 7 heteroatoms. The van der Waals surface area contributed by atoms with Crippen LogP contribution < -0.4 is 0 Å². The molecule has 1 aliphatic rings. The van der Waals surface area contributed by atoms with Crippen LogP contribution in [-0.2, 0) is 9.59 Å². The summed E-state index contributed by atoms with van der Waals surface area (Å²) >= 11 is 0. The molecule has 0 bridgehead atoms. The highest BCUT2D eigenvalue weighted by Gasteiger charge is 2.42. The molecule has 0 unspecified atom stereocenters. The molecule has 0 aliphatic carbocycles. The highest BCUT2D eigenvalue weighted by molar-refractivity contribution is 6.08. The van der Waals surface area contributed by atoms with Crippen molar-refractivity contribution in [1.29, 1.82) is 0 Å². The van der Waals surface area contributed by atoms with Gasteiger partial charge in [-0.15, -0.1) is 0 Å². The van der Waals surface area contributed by atoms with E-state index in [9.17, 15) is 24.8 Å². The summed E-state index contributed by atoms with van der Waals surface area (Å²) in [6.45, 7) is 3.74. The molecule has 2 rings (SSSR count). The predicted molar refractivity (Wildman–Crippen MR) is 92.0 cm³/mol. The van der Waals surface area contributed by atoms with Crippen LogP contribution in [0.3, 0.4) is 0 Å². The highest BCUT2D eigenvalue weighted by atomic mass is 16.6. The van der Waals surface area contributed by atoms with Crippen molar-refractivity contribution >= 4 is 17.4 Å². The number of ketones is 1. The van der Waals surface area contributed by atoms with E-state index in [0.717, 1.165) is 25.7 Å². The lowest BCUT2D eigenvalue weighted by Gasteiger charge is -2.26. The van der Waals surface area contributed by atoms with Crippen LogP contribution in [0.5, 0.6) is 0 Å². The SMILES string of the molecule is CCCCCCN1C(=O)C(O)=C(C(C)=O)[C@H]1c1cccc([N+](=O)[O-])c1. The number of benzene rings is 1. The zero-order chi connectivity index (χ0) is 18.6. The van der Waals surface area contributed by atoms with Crippen LogP contribution in [-0.4, -0.2) is 33.2 Å². The van der Waals surface area contributed by atoms with E-state index >= 15 is 0 Å². The van der Waals surface area contributed by atoms with Crippen LogP contribution in [0.2, 0.25) is 0 Å². The second kappa shape index (κ2) is 7.92. The number of rotatable bonds is 8. The van der Waals surface area contributed by atoms with E-state index in [-0.39, 0.29) is 11.3 Å². The molecule has 0 aromatic heterocycles. The molecule has 1 heterocycles. The van der Waals surface area contributed by atoms with E-state index in [2.05, 4.69) is 6.92 Å². The second-order valence-electron chi connectivity index (χ2n) is 6.13. The van der Waals surface area contributed by atoms with E-state index < -0.39 is 28.4 Å². The van der Waals surface area contributed by atoms with Crippen molar-refractivity contribution in [2.24, 2.45) is 0 Å². The first-order valence-corrected chi connectivity index (χ1v) is 8.37. The van der Waals surface area contributed by atoms with Crippen LogP contribution in [0.1, 0.15) is 51.1 Å². The van der Waals surface area contributed by atoms with Crippen molar-refractivity contribution in [3.63, 3.8) is 0 Å². The molecule has 1 aromatic rings. The third-order valence-electron chi connectivity index (χ3n) is 4.33. The molecule has 1 amide bonds. The van der Waals surface area contributed by atoms with Crippen molar-refractivity contribution in [2.75, 3.05) is 6.54 Å². The summed E-state index contributed by atoms with van der Waals surface area (Å²) in [5.41, 5.74) is 0.332. The standard InChI is InChI=1S/C18H22N2O5/c1-3-4-5-6-10-19-16(15(12(2)21)17(22)18(19)23)13-8-7-9-14(11-13)20(24)25/h7-9,11,16,22H,3-6,10H2,1-2H3/t16-/m1/s1. The number of unbranched alkanes of at least 4 members (excludes halogenated alkanes) is 3. The maximum atomic E-state index is 12.4. The minimum Gasteiger partial charge on any atom is -0.503 e. The van der Waals surface area contributed by atoms with Crippen LogP contribution in [0.25, 0.3) is 0 Å². The molecule has 0 radical (unpaired) electrons. The number of aliphatic hydroxyl groups excluding tert-OH is 1. The Morgan fingerprint density at radius 2 is 2.04 bits per heavy atom. The predicted octanol–water partition coefficient (Wildman–Crippen LogP) is 3.46. The minimum absolute atomic E-state index is 0.000916. The van der Waals surface area contributed by atoms with Gasteiger partial charge in [-0.3, -0.25) is 19.7 Å². The van der Waals surface area contributed by atoms with Crippen molar-refractivity contribution in [1.82, 2.24) is 4.90 Å². The lowest BCUT2D eigenvalue weighted by atomic mass is 9.96. The molecule has 1 atom stereocenters. The maximum Gasteiger partial charge on any atom is 0.290 e. The number of Topliss-reactive ketones (excluding diaryl/α,β-unsaturated/α-hetero) is 1. The molecule has 0 fully saturated rings. The molecule has 1 N–H and O–H groups in total. The normalized spacial score (nSPS) is 17.3. The lowest BCUT2D eigenvalue weighted by molar-refractivity contribution is -0.384. The lowest BCUT2D eigenvalue weighted by Crippen LogP contribution is -2.32. The Bertz CT molecular complexity index is 726. The number of nitro groups is 1. The van der Waals surface area contributed by atoms with Gasteiger partial charge in [0.15, 0.2) is 11.5 Å². The van der Waals surface area contributed by atoms with Crippen molar-refractivity contribution in [3.05, 3.63) is 51.3 Å². The summed E-state index contributed by atoms with van der Waals surface area (Å²) in [5, 5.41) is 21.2. The molecule has 1 aromatic carbocycles. The van der Waals surface area contributed by atoms with Gasteiger partial charge in [-0.25, -0.2) is 0 Å². The van der Waals surface area contributed by atoms with Crippen LogP contribution in [0.15, 0.2) is 35.6 Å². The van der Waals surface area contributed by atoms with Gasteiger partial charge in [-0.2, -0.15) is 0 Å². The second-order valence-corrected chi connectivity index (χ2v) is 6.13. The number of nitrogens with zero attached hydrogens (tertiary/aromatic N) is 2. The Balaban J connectivity index is 2.39. The summed E-state index contributed by atoms with van der Waals surface area (Å²) in [4.78, 5) is 36.4. The van der Waals surface area contributed by atoms with E-state index in [1.165, 1.54) is 30.0 Å². The van der Waals surface area contributed by atoms with Gasteiger partial charge >= 0.3 is 0 Å². The van der Waals surface area contributed by atoms with Gasteiger partial charge < -0.3 is 10.0 Å². The molecule has 7 nitrogen and oxygen atoms in total. The van der Waals surface area contributed by atoms with Crippen LogP contribution in [0, 0.1) is 10.1 Å². The van der Waals surface area contributed by atoms with E-state index in [0.29, 0.717) is 12.1 Å². The number of nitro benzene ring substituents is 1. The fourth-order valence-corrected chi connectivity index (χ4v) is 3.11. The molecule has 1 aliphatic heterocycles. The number of non-ortho nitro benzene ring substituents is 1. The van der Waals surface area contributed by atoms with Gasteiger partial charge in [0.2, 0.25) is 0 Å². The van der Waals surface area contributed by atoms with Gasteiger partial charge in [-0.1, -0.05) is 38.3 Å². The van der Waals surface area contributed by atoms with Crippen molar-refractivity contribution in [3.8, 4) is 0 Å². The summed E-state index contributed by atoms with van der Waals surface area (Å²) in [6.07, 6.45) is 3.74. The van der Waals surface area contributed by atoms with Crippen molar-refractivity contribution in [2.45, 2.75) is 45.6 Å². The maximum absolute atomic E-state index is 12.4. The molecule has 0 saturated carbocycles. The minimum atomic E-state index is -0.786. The van der Waals surface area contributed by atoms with E-state index in [4.69, 9.17) is 0 Å². The first kappa shape index (κ1) is 18.6. The topological polar surface area (TPSA) is 101 Å². The zero-order valence-electron chi connectivity index (χ0n) is 14.4. The average molecular weight is 346 g/mol. The highest BCUT2D eigenvalue weighted by Crippen LogP contribution is 2.38. The van der Waals surface area contributed by atoms with Gasteiger partial charge in [0.1, 0.15) is 0 Å². The fourth-order valence-electron chi connectivity index (χ4n) is 3.11. The molecular formula is C18H22N2O5. The Morgan fingerprint density at radius 3 is 2.64 bits per heavy atom. The third kappa shape index (κ3) is 3.87. The molecular weight excluding hydrogens is 324 g/mol. The number of hydrogen-bond donors (Lipinski definition) is 1. The summed E-state index contributed by atoms with van der Waals surface area (Å²) in [5.74, 6) is -1.57. The third-order valence-corrected chi connectivity index (χ3v) is 4.33. The molecule has 134 valence electrons. The number of hydrogen-bond acceptors (Lipinski definition) is 5. The Morgan fingerprint density at radius 1 is 1.32 bits per heavy atom. The molecule has 0 spiro atoms. The largest absolute Gasteiger partial charge is 0.503 e. The fraction of sp³-hybridized carbons (Fsp3) is 0.444. The number of carbonyl (C=O) groups excluding carboxylic acids is 2. The van der Waals surface area contributed by atoms with Crippen molar-refractivity contribution < 1.29 is 19.6 Å². The first-order valence-electron chi connectivity index (χ1n) is 8.37. The summed E-state index contributed by atoms with van der Waals surface area (Å²) in [6, 6.07) is 5.05.